The lowest BCUT2D eigenvalue weighted by molar-refractivity contribution is -0.596. The summed E-state index contributed by atoms with van der Waals surface area (Å²) in [5, 5.41) is 10.2. The third kappa shape index (κ3) is 1.43. The van der Waals surface area contributed by atoms with Gasteiger partial charge in [-0.3, -0.25) is 10.1 Å². The fourth-order valence-electron chi connectivity index (χ4n) is 1.04. The summed E-state index contributed by atoms with van der Waals surface area (Å²) >= 11 is 0. The van der Waals surface area contributed by atoms with Gasteiger partial charge >= 0.3 is 5.79 Å². The van der Waals surface area contributed by atoms with Gasteiger partial charge in [0.2, 0.25) is 5.83 Å². The normalized spacial score (nSPS) is 27.2. The Morgan fingerprint density at radius 2 is 2.21 bits per heavy atom. The third-order valence-corrected chi connectivity index (χ3v) is 1.86. The van der Waals surface area contributed by atoms with E-state index >= 15 is 0 Å². The number of halogens is 3. The number of alkyl halides is 1. The molecule has 1 atom stereocenters. The molecule has 3 nitrogen and oxygen atoms in total. The second kappa shape index (κ2) is 3.28. The Hall–Kier alpha value is -1.59. The maximum absolute atomic E-state index is 13.2. The Bertz CT molecular complexity index is 362. The summed E-state index contributed by atoms with van der Waals surface area (Å²) in [4.78, 5) is 8.67. The molecule has 6 heteroatoms. The Morgan fingerprint density at radius 1 is 1.64 bits per heavy atom. The molecular weight excluding hydrogens is 199 g/mol. The molecule has 1 rings (SSSR count). The lowest BCUT2D eigenvalue weighted by atomic mass is 9.99. The molecule has 0 radical (unpaired) electrons. The van der Waals surface area contributed by atoms with E-state index in [1.165, 1.54) is 0 Å². The first-order valence-corrected chi connectivity index (χ1v) is 3.64. The van der Waals surface area contributed by atoms with Crippen molar-refractivity contribution in [1.82, 2.24) is 0 Å². The Morgan fingerprint density at radius 3 is 2.64 bits per heavy atom. The molecule has 0 aromatic heterocycles. The first kappa shape index (κ1) is 10.5. The van der Waals surface area contributed by atoms with E-state index in [9.17, 15) is 23.3 Å². The van der Waals surface area contributed by atoms with Crippen molar-refractivity contribution < 1.29 is 18.1 Å². The summed E-state index contributed by atoms with van der Waals surface area (Å²) in [6, 6.07) is 0. The van der Waals surface area contributed by atoms with E-state index in [0.29, 0.717) is 6.08 Å². The minimum Gasteiger partial charge on any atom is -0.261 e. The number of rotatable bonds is 2. The standard InChI is InChI=1S/C8H6F3NO2/c1-2-5-3-7(10)8(11,12(13)14)4-6(5)9/h2-3H,1,4H2. The fourth-order valence-corrected chi connectivity index (χ4v) is 1.04. The van der Waals surface area contributed by atoms with Crippen LogP contribution in [0.3, 0.4) is 0 Å². The average Bonchev–Trinajstić information content (AvgIpc) is 2.11. The van der Waals surface area contributed by atoms with Crippen LogP contribution < -0.4 is 0 Å². The molecule has 0 N–H and O–H groups in total. The van der Waals surface area contributed by atoms with Crippen molar-refractivity contribution in [3.63, 3.8) is 0 Å². The van der Waals surface area contributed by atoms with Crippen molar-refractivity contribution in [3.05, 3.63) is 46.1 Å². The van der Waals surface area contributed by atoms with Gasteiger partial charge in [0.1, 0.15) is 12.2 Å². The molecule has 0 saturated carbocycles. The third-order valence-electron chi connectivity index (χ3n) is 1.86. The van der Waals surface area contributed by atoms with Crippen LogP contribution in [0.5, 0.6) is 0 Å². The molecule has 0 spiro atoms. The first-order valence-electron chi connectivity index (χ1n) is 3.64. The second-order valence-corrected chi connectivity index (χ2v) is 2.75. The van der Waals surface area contributed by atoms with Gasteiger partial charge in [0.25, 0.3) is 0 Å². The zero-order chi connectivity index (χ0) is 10.9. The molecule has 0 aromatic carbocycles. The van der Waals surface area contributed by atoms with Crippen molar-refractivity contribution in [2.75, 3.05) is 0 Å². The van der Waals surface area contributed by atoms with Crippen molar-refractivity contribution in [2.24, 2.45) is 0 Å². The average molecular weight is 205 g/mol. The van der Waals surface area contributed by atoms with E-state index in [2.05, 4.69) is 6.58 Å². The van der Waals surface area contributed by atoms with Crippen LogP contribution in [0.25, 0.3) is 0 Å². The zero-order valence-electron chi connectivity index (χ0n) is 6.97. The van der Waals surface area contributed by atoms with Crippen LogP contribution in [0.15, 0.2) is 36.0 Å². The van der Waals surface area contributed by atoms with Gasteiger partial charge in [-0.15, -0.1) is 0 Å². The first-order chi connectivity index (χ1) is 6.41. The van der Waals surface area contributed by atoms with Gasteiger partial charge in [0.05, 0.1) is 4.92 Å². The van der Waals surface area contributed by atoms with Crippen molar-refractivity contribution in [2.45, 2.75) is 12.2 Å². The summed E-state index contributed by atoms with van der Waals surface area (Å²) in [6.45, 7) is 3.16. The van der Waals surface area contributed by atoms with Crippen molar-refractivity contribution in [3.8, 4) is 0 Å². The predicted octanol–water partition coefficient (Wildman–Crippen LogP) is 2.60. The van der Waals surface area contributed by atoms with E-state index in [0.717, 1.165) is 6.08 Å². The molecule has 0 saturated heterocycles. The lowest BCUT2D eigenvalue weighted by Crippen LogP contribution is -2.36. The van der Waals surface area contributed by atoms with Gasteiger partial charge in [-0.2, -0.15) is 4.39 Å². The number of nitrogens with zero attached hydrogens (tertiary/aromatic N) is 1. The van der Waals surface area contributed by atoms with E-state index in [1.807, 2.05) is 0 Å². The molecule has 14 heavy (non-hydrogen) atoms. The van der Waals surface area contributed by atoms with Crippen LogP contribution >= 0.6 is 0 Å². The Labute approximate surface area is 77.4 Å². The molecule has 0 heterocycles. The molecule has 76 valence electrons. The van der Waals surface area contributed by atoms with Crippen LogP contribution in [-0.4, -0.2) is 10.7 Å². The number of nitro groups is 1. The summed E-state index contributed by atoms with van der Waals surface area (Å²) in [5.41, 5.74) is -0.266. The highest BCUT2D eigenvalue weighted by Gasteiger charge is 2.52. The van der Waals surface area contributed by atoms with Gasteiger partial charge < -0.3 is 0 Å². The van der Waals surface area contributed by atoms with E-state index < -0.39 is 28.8 Å². The maximum atomic E-state index is 13.2. The Kier molecular flexibility index (Phi) is 2.46. The summed E-state index contributed by atoms with van der Waals surface area (Å²) in [7, 11) is 0. The molecule has 1 aliphatic rings. The summed E-state index contributed by atoms with van der Waals surface area (Å²) < 4.78 is 39.0. The molecule has 0 aliphatic heterocycles. The van der Waals surface area contributed by atoms with Gasteiger partial charge in [-0.05, 0) is 6.08 Å². The maximum Gasteiger partial charge on any atom is 0.416 e. The van der Waals surface area contributed by atoms with E-state index in [-0.39, 0.29) is 5.57 Å². The van der Waals surface area contributed by atoms with E-state index in [1.54, 1.807) is 0 Å². The fraction of sp³-hybridized carbons (Fsp3) is 0.250. The molecule has 0 fully saturated rings. The van der Waals surface area contributed by atoms with Crippen LogP contribution in [-0.2, 0) is 0 Å². The lowest BCUT2D eigenvalue weighted by Gasteiger charge is -2.18. The van der Waals surface area contributed by atoms with Crippen LogP contribution in [0, 0.1) is 10.1 Å². The largest absolute Gasteiger partial charge is 0.416 e. The number of hydrogen-bond donors (Lipinski definition) is 0. The summed E-state index contributed by atoms with van der Waals surface area (Å²) in [6.07, 6.45) is 0.173. The zero-order valence-corrected chi connectivity index (χ0v) is 6.97. The van der Waals surface area contributed by atoms with Crippen LogP contribution in [0.4, 0.5) is 13.2 Å². The van der Waals surface area contributed by atoms with Gasteiger partial charge in [-0.25, -0.2) is 8.78 Å². The number of hydrogen-bond acceptors (Lipinski definition) is 2. The molecule has 1 aliphatic carbocycles. The molecule has 0 bridgehead atoms. The number of allylic oxidation sites excluding steroid dienone is 3. The highest BCUT2D eigenvalue weighted by atomic mass is 19.2. The van der Waals surface area contributed by atoms with E-state index in [4.69, 9.17) is 0 Å². The van der Waals surface area contributed by atoms with Gasteiger partial charge in [0, 0.05) is 5.57 Å². The molecular formula is C8H6F3NO2. The van der Waals surface area contributed by atoms with Gasteiger partial charge in [-0.1, -0.05) is 12.7 Å². The molecule has 0 aromatic rings. The monoisotopic (exact) mass is 205 g/mol. The molecule has 1 unspecified atom stereocenters. The highest BCUT2D eigenvalue weighted by Crippen LogP contribution is 2.37. The summed E-state index contributed by atoms with van der Waals surface area (Å²) in [5.74, 6) is -6.17. The van der Waals surface area contributed by atoms with Crippen LogP contribution in [0.2, 0.25) is 0 Å². The minimum atomic E-state index is -3.48. The van der Waals surface area contributed by atoms with Crippen molar-refractivity contribution in [1.29, 1.82) is 0 Å². The Balaban J connectivity index is 3.17. The molecule has 0 amide bonds. The second-order valence-electron chi connectivity index (χ2n) is 2.75. The van der Waals surface area contributed by atoms with Crippen molar-refractivity contribution >= 4 is 0 Å². The highest BCUT2D eigenvalue weighted by molar-refractivity contribution is 5.39. The SMILES string of the molecule is C=CC1=C(F)CC(F)([N+](=O)[O-])C(F)=C1. The van der Waals surface area contributed by atoms with Crippen LogP contribution in [0.1, 0.15) is 6.42 Å². The quantitative estimate of drug-likeness (QED) is 0.395. The predicted molar refractivity (Wildman–Crippen MR) is 43.0 cm³/mol. The topological polar surface area (TPSA) is 43.1 Å². The minimum absolute atomic E-state index is 0.266. The smallest absolute Gasteiger partial charge is 0.261 e. The van der Waals surface area contributed by atoms with Gasteiger partial charge in [0.15, 0.2) is 0 Å².